The van der Waals surface area contributed by atoms with Crippen molar-refractivity contribution >= 4 is 43.9 Å². The number of nitrogens with two attached hydrogens (primary N) is 1. The van der Waals surface area contributed by atoms with Crippen molar-refractivity contribution in [3.8, 4) is 5.75 Å². The lowest BCUT2D eigenvalue weighted by Gasteiger charge is -2.33. The Morgan fingerprint density at radius 3 is 2.45 bits per heavy atom. The average molecular weight is 461 g/mol. The first-order chi connectivity index (χ1) is 14.8. The zero-order valence-corrected chi connectivity index (χ0v) is 18.5. The van der Waals surface area contributed by atoms with Gasteiger partial charge in [-0.2, -0.15) is 0 Å². The van der Waals surface area contributed by atoms with Crippen LogP contribution in [0, 0.1) is 5.92 Å². The first kappa shape index (κ1) is 21.4. The number of anilines is 1. The zero-order valence-electron chi connectivity index (χ0n) is 17.0. The van der Waals surface area contributed by atoms with Gasteiger partial charge >= 0.3 is 0 Å². The topological polar surface area (TPSA) is 104 Å². The fourth-order valence-electron chi connectivity index (χ4n) is 3.98. The number of nitrogens with one attached hydrogen (secondary N) is 1. The van der Waals surface area contributed by atoms with E-state index in [1.54, 1.807) is 24.3 Å². The van der Waals surface area contributed by atoms with E-state index in [1.807, 2.05) is 11.0 Å². The highest BCUT2D eigenvalue weighted by Gasteiger charge is 2.32. The molecule has 1 aliphatic rings. The molecule has 1 aromatic heterocycles. The fourth-order valence-corrected chi connectivity index (χ4v) is 5.61. The second-order valence-electron chi connectivity index (χ2n) is 7.53. The number of amides is 1. The number of nitrogens with zero attached hydrogens (tertiary/aromatic N) is 1. The van der Waals surface area contributed by atoms with E-state index in [1.165, 1.54) is 25.4 Å². The summed E-state index contributed by atoms with van der Waals surface area (Å²) in [5, 5.41) is 1.22. The number of ether oxygens (including phenoxy) is 1. The van der Waals surface area contributed by atoms with Crippen LogP contribution in [0.3, 0.4) is 0 Å². The predicted molar refractivity (Wildman–Crippen MR) is 118 cm³/mol. The van der Waals surface area contributed by atoms with Crippen molar-refractivity contribution in [3.63, 3.8) is 0 Å². The highest BCUT2D eigenvalue weighted by Crippen LogP contribution is 2.37. The van der Waals surface area contributed by atoms with E-state index in [2.05, 4.69) is 4.98 Å². The minimum absolute atomic E-state index is 0.157. The lowest BCUT2D eigenvalue weighted by Crippen LogP contribution is -2.39. The Bertz CT molecular complexity index is 1240. The molecule has 31 heavy (non-hydrogen) atoms. The molecule has 162 valence electrons. The molecule has 4 rings (SSSR count). The highest BCUT2D eigenvalue weighted by molar-refractivity contribution is 7.91. The molecule has 2 heterocycles. The summed E-state index contributed by atoms with van der Waals surface area (Å²) < 4.78 is 32.4. The molecule has 2 aromatic carbocycles. The van der Waals surface area contributed by atoms with Crippen LogP contribution in [0.2, 0.25) is 5.02 Å². The second-order valence-corrected chi connectivity index (χ2v) is 9.89. The third-order valence-electron chi connectivity index (χ3n) is 5.70. The molecule has 0 saturated carbocycles. The number of piperidine rings is 1. The van der Waals surface area contributed by atoms with Crippen molar-refractivity contribution in [1.29, 1.82) is 0 Å². The van der Waals surface area contributed by atoms with E-state index in [9.17, 15) is 13.2 Å². The lowest BCUT2D eigenvalue weighted by molar-refractivity contribution is -0.347. The Kier molecular flexibility index (Phi) is 5.77. The number of hydrogen-bond donors (Lipinski definition) is 1. The van der Waals surface area contributed by atoms with Crippen molar-refractivity contribution in [2.45, 2.75) is 22.6 Å². The van der Waals surface area contributed by atoms with E-state index >= 15 is 0 Å². The smallest absolute Gasteiger partial charge is 0.220 e. The molecule has 1 amide bonds. The Balaban J connectivity index is 1.87. The first-order valence-corrected chi connectivity index (χ1v) is 11.7. The number of H-pyrrole nitrogens is 1. The van der Waals surface area contributed by atoms with Gasteiger partial charge < -0.3 is 15.4 Å². The van der Waals surface area contributed by atoms with E-state index in [0.717, 1.165) is 5.52 Å². The normalized spacial score (nSPS) is 15.2. The standard InChI is InChI=1S/C22H22ClN3O4S/c1-30-16-3-5-17(6-4-16)31(28,29)20-13-25-19-7-2-15(23)12-18(19)21(20)26-10-8-14(9-11-26)22(24)27/h2-7,12-14H,8-11H2,1H3,(H2,24,27)/p+1. The molecule has 9 heteroatoms. The molecule has 0 bridgehead atoms. The van der Waals surface area contributed by atoms with Crippen LogP contribution in [0.1, 0.15) is 12.8 Å². The minimum Gasteiger partial charge on any atom is -0.497 e. The number of primary amides is 1. The number of carbonyl (C=O) groups excluding carboxylic acids is 1. The molecule has 3 N–H and O–H groups in total. The molecule has 0 radical (unpaired) electrons. The average Bonchev–Trinajstić information content (AvgIpc) is 2.78. The van der Waals surface area contributed by atoms with Crippen LogP contribution in [0.4, 0.5) is 5.69 Å². The maximum absolute atomic E-state index is 13.6. The zero-order chi connectivity index (χ0) is 22.2. The Morgan fingerprint density at radius 1 is 1.16 bits per heavy atom. The van der Waals surface area contributed by atoms with E-state index in [4.69, 9.17) is 22.1 Å². The fraction of sp³-hybridized carbons (Fsp3) is 0.273. The molecule has 7 nitrogen and oxygen atoms in total. The van der Waals surface area contributed by atoms with Crippen molar-refractivity contribution in [3.05, 3.63) is 53.7 Å². The van der Waals surface area contributed by atoms with E-state index < -0.39 is 9.84 Å². The monoisotopic (exact) mass is 460 g/mol. The van der Waals surface area contributed by atoms with Gasteiger partial charge in [0.05, 0.1) is 23.1 Å². The summed E-state index contributed by atoms with van der Waals surface area (Å²) in [5.41, 5.74) is 6.82. The summed E-state index contributed by atoms with van der Waals surface area (Å²) in [6, 6.07) is 11.6. The number of fused-ring (bicyclic) bond motifs is 1. The quantitative estimate of drug-likeness (QED) is 0.630. The van der Waals surface area contributed by atoms with Crippen LogP contribution < -0.4 is 20.4 Å². The third-order valence-corrected chi connectivity index (χ3v) is 7.72. The molecule has 1 aliphatic heterocycles. The number of methoxy groups -OCH3 is 1. The molecule has 0 atom stereocenters. The van der Waals surface area contributed by atoms with Gasteiger partial charge in [0.15, 0.2) is 11.1 Å². The molecular weight excluding hydrogens is 438 g/mol. The number of benzene rings is 2. The number of aromatic amines is 1. The Hall–Kier alpha value is -2.84. The number of rotatable bonds is 5. The summed E-state index contributed by atoms with van der Waals surface area (Å²) in [6.45, 7) is 1.04. The van der Waals surface area contributed by atoms with Crippen molar-refractivity contribution in [1.82, 2.24) is 0 Å². The molecule has 1 fully saturated rings. The van der Waals surface area contributed by atoms with Crippen LogP contribution >= 0.6 is 11.6 Å². The highest BCUT2D eigenvalue weighted by atomic mass is 35.5. The molecule has 1 saturated heterocycles. The van der Waals surface area contributed by atoms with Crippen LogP contribution in [-0.4, -0.2) is 34.5 Å². The van der Waals surface area contributed by atoms with Crippen LogP contribution in [0.15, 0.2) is 58.5 Å². The van der Waals surface area contributed by atoms with Crippen molar-refractivity contribution < 1.29 is 22.9 Å². The largest absolute Gasteiger partial charge is 0.497 e. The van der Waals surface area contributed by atoms with Crippen LogP contribution in [-0.2, 0) is 14.6 Å². The number of halogens is 1. The maximum Gasteiger partial charge on any atom is 0.220 e. The summed E-state index contributed by atoms with van der Waals surface area (Å²) in [6.07, 6.45) is 2.65. The van der Waals surface area contributed by atoms with Crippen LogP contribution in [0.5, 0.6) is 5.75 Å². The first-order valence-electron chi connectivity index (χ1n) is 9.88. The van der Waals surface area contributed by atoms with Gasteiger partial charge in [0.25, 0.3) is 0 Å². The van der Waals surface area contributed by atoms with Gasteiger partial charge in [-0.3, -0.25) is 4.79 Å². The van der Waals surface area contributed by atoms with Gasteiger partial charge in [-0.15, -0.1) is 0 Å². The van der Waals surface area contributed by atoms with Crippen molar-refractivity contribution in [2.75, 3.05) is 25.1 Å². The van der Waals surface area contributed by atoms with Gasteiger partial charge in [0.1, 0.15) is 5.75 Å². The number of carbonyl (C=O) groups is 1. The van der Waals surface area contributed by atoms with Gasteiger partial charge in [-0.25, -0.2) is 13.4 Å². The lowest BCUT2D eigenvalue weighted by atomic mass is 9.95. The minimum atomic E-state index is -3.84. The SMILES string of the molecule is COc1ccc(S(=O)(=O)c2c[nH+]c3ccc(Cl)cc3c2N2CCC(C(N)=O)CC2)cc1. The number of sulfone groups is 1. The molecule has 0 unspecified atom stereocenters. The van der Waals surface area contributed by atoms with Gasteiger partial charge in [-0.05, 0) is 49.2 Å². The van der Waals surface area contributed by atoms with E-state index in [0.29, 0.717) is 47.8 Å². The number of pyridine rings is 1. The summed E-state index contributed by atoms with van der Waals surface area (Å²) in [5.74, 6) is 0.0487. The molecular formula is C22H23ClN3O4S+. The molecule has 0 aliphatic carbocycles. The summed E-state index contributed by atoms with van der Waals surface area (Å²) >= 11 is 6.25. The van der Waals surface area contributed by atoms with Crippen molar-refractivity contribution in [2.24, 2.45) is 11.7 Å². The van der Waals surface area contributed by atoms with E-state index in [-0.39, 0.29) is 21.6 Å². The van der Waals surface area contributed by atoms with Gasteiger partial charge in [0.2, 0.25) is 21.3 Å². The predicted octanol–water partition coefficient (Wildman–Crippen LogP) is 2.85. The van der Waals surface area contributed by atoms with Gasteiger partial charge in [0, 0.05) is 30.1 Å². The van der Waals surface area contributed by atoms with Gasteiger partial charge in [-0.1, -0.05) is 11.6 Å². The number of hydrogen-bond acceptors (Lipinski definition) is 5. The Labute approximate surface area is 185 Å². The summed E-state index contributed by atoms with van der Waals surface area (Å²) in [7, 11) is -2.31. The Morgan fingerprint density at radius 2 is 1.84 bits per heavy atom. The second kappa shape index (κ2) is 8.36. The maximum atomic E-state index is 13.6. The molecule has 0 spiro atoms. The number of aromatic nitrogens is 1. The third kappa shape index (κ3) is 4.05. The molecule has 3 aromatic rings. The van der Waals surface area contributed by atoms with Crippen LogP contribution in [0.25, 0.3) is 10.9 Å². The summed E-state index contributed by atoms with van der Waals surface area (Å²) in [4.78, 5) is 17.0.